The van der Waals surface area contributed by atoms with E-state index in [1.165, 1.54) is 11.0 Å². The fraction of sp³-hybridized carbons (Fsp3) is 0.258. The third kappa shape index (κ3) is 6.26. The Morgan fingerprint density at radius 2 is 1.70 bits per heavy atom. The molecule has 1 aromatic heterocycles. The van der Waals surface area contributed by atoms with Crippen molar-refractivity contribution in [2.24, 2.45) is 0 Å². The minimum Gasteiger partial charge on any atom is -0.329 e. The number of aryl methyl sites for hydroxylation is 3. The fourth-order valence-corrected chi connectivity index (χ4v) is 4.53. The van der Waals surface area contributed by atoms with Gasteiger partial charge in [0.15, 0.2) is 0 Å². The summed E-state index contributed by atoms with van der Waals surface area (Å²) in [6, 6.07) is 21.9. The van der Waals surface area contributed by atoms with Gasteiger partial charge < -0.3 is 10.2 Å². The Morgan fingerprint density at radius 1 is 1.00 bits per heavy atom. The summed E-state index contributed by atoms with van der Waals surface area (Å²) >= 11 is 0. The van der Waals surface area contributed by atoms with Gasteiger partial charge in [0.25, 0.3) is 11.6 Å². The second-order valence-electron chi connectivity index (χ2n) is 9.81. The highest BCUT2D eigenvalue weighted by molar-refractivity contribution is 6.01. The molecule has 0 spiro atoms. The molecule has 0 atom stereocenters. The average Bonchev–Trinajstić information content (AvgIpc) is 3.26. The number of nitrogens with zero attached hydrogens (tertiary/aromatic N) is 4. The van der Waals surface area contributed by atoms with Crippen LogP contribution < -0.4 is 5.32 Å². The lowest BCUT2D eigenvalue weighted by Crippen LogP contribution is -2.39. The van der Waals surface area contributed by atoms with Gasteiger partial charge in [0.2, 0.25) is 5.91 Å². The monoisotopic (exact) mass is 539 g/mol. The lowest BCUT2D eigenvalue weighted by atomic mass is 10.1. The van der Waals surface area contributed by atoms with Gasteiger partial charge in [-0.15, -0.1) is 0 Å². The minimum absolute atomic E-state index is 0.129. The van der Waals surface area contributed by atoms with Gasteiger partial charge in [0, 0.05) is 29.3 Å². The maximum Gasteiger partial charge on any atom is 0.273 e. The summed E-state index contributed by atoms with van der Waals surface area (Å²) in [5, 5.41) is 19.2. The van der Waals surface area contributed by atoms with E-state index in [2.05, 4.69) is 5.32 Å². The zero-order valence-corrected chi connectivity index (χ0v) is 23.2. The van der Waals surface area contributed by atoms with Crippen molar-refractivity contribution < 1.29 is 14.5 Å². The van der Waals surface area contributed by atoms with Crippen molar-refractivity contribution in [3.63, 3.8) is 0 Å². The summed E-state index contributed by atoms with van der Waals surface area (Å²) in [5.74, 6) is -0.318. The van der Waals surface area contributed by atoms with Crippen LogP contribution in [-0.2, 0) is 4.79 Å². The van der Waals surface area contributed by atoms with Gasteiger partial charge in [0.05, 0.1) is 16.3 Å². The van der Waals surface area contributed by atoms with E-state index in [0.717, 1.165) is 34.5 Å². The molecule has 0 bridgehead atoms. The Hall–Kier alpha value is -4.79. The van der Waals surface area contributed by atoms with Crippen molar-refractivity contribution in [3.05, 3.63) is 105 Å². The number of nitro benzene ring substituents is 1. The van der Waals surface area contributed by atoms with Crippen LogP contribution in [0.2, 0.25) is 0 Å². The molecule has 1 N–H and O–H groups in total. The number of carbonyl (C=O) groups is 2. The molecule has 9 heteroatoms. The average molecular weight is 540 g/mol. The first-order valence-corrected chi connectivity index (χ1v) is 13.3. The molecule has 0 fully saturated rings. The van der Waals surface area contributed by atoms with Crippen molar-refractivity contribution in [1.29, 1.82) is 0 Å². The van der Waals surface area contributed by atoms with Crippen molar-refractivity contribution in [3.8, 4) is 16.8 Å². The van der Waals surface area contributed by atoms with E-state index in [4.69, 9.17) is 5.10 Å². The molecule has 0 saturated carbocycles. The van der Waals surface area contributed by atoms with Crippen molar-refractivity contribution in [2.45, 2.75) is 40.5 Å². The number of rotatable bonds is 10. The molecule has 206 valence electrons. The molecule has 0 aliphatic heterocycles. The molecule has 0 saturated heterocycles. The van der Waals surface area contributed by atoms with E-state index < -0.39 is 16.7 Å². The number of carbonyl (C=O) groups excluding carboxylic acids is 2. The van der Waals surface area contributed by atoms with E-state index in [1.807, 2.05) is 75.4 Å². The first kappa shape index (κ1) is 28.2. The number of benzene rings is 3. The molecular weight excluding hydrogens is 506 g/mol. The highest BCUT2D eigenvalue weighted by atomic mass is 16.6. The fourth-order valence-electron chi connectivity index (χ4n) is 4.53. The maximum atomic E-state index is 13.5. The van der Waals surface area contributed by atoms with Crippen LogP contribution in [0, 0.1) is 30.9 Å². The summed E-state index contributed by atoms with van der Waals surface area (Å²) in [6.07, 6.45) is 1.50. The number of nitro groups is 1. The molecular formula is C31H33N5O4. The van der Waals surface area contributed by atoms with E-state index in [1.54, 1.807) is 23.7 Å². The first-order valence-electron chi connectivity index (χ1n) is 13.3. The molecule has 1 heterocycles. The minimum atomic E-state index is -0.505. The lowest BCUT2D eigenvalue weighted by molar-refractivity contribution is -0.385. The van der Waals surface area contributed by atoms with Crippen molar-refractivity contribution in [1.82, 2.24) is 14.7 Å². The molecule has 2 amide bonds. The van der Waals surface area contributed by atoms with Crippen LogP contribution in [0.15, 0.2) is 72.8 Å². The van der Waals surface area contributed by atoms with Gasteiger partial charge in [-0.05, 0) is 51.0 Å². The number of amides is 2. The first-order chi connectivity index (χ1) is 19.2. The predicted molar refractivity (Wildman–Crippen MR) is 156 cm³/mol. The van der Waals surface area contributed by atoms with Crippen LogP contribution in [0.25, 0.3) is 16.8 Å². The second-order valence-corrected chi connectivity index (χ2v) is 9.81. The zero-order chi connectivity index (χ0) is 28.8. The Bertz CT molecular complexity index is 1530. The van der Waals surface area contributed by atoms with Gasteiger partial charge >= 0.3 is 0 Å². The Balaban J connectivity index is 1.68. The molecule has 0 aliphatic carbocycles. The van der Waals surface area contributed by atoms with Crippen LogP contribution in [-0.4, -0.2) is 44.5 Å². The van der Waals surface area contributed by atoms with E-state index in [-0.39, 0.29) is 17.8 Å². The summed E-state index contributed by atoms with van der Waals surface area (Å²) in [4.78, 5) is 39.4. The van der Waals surface area contributed by atoms with Crippen LogP contribution in [0.1, 0.15) is 46.9 Å². The lowest BCUT2D eigenvalue weighted by Gasteiger charge is -2.22. The van der Waals surface area contributed by atoms with Crippen molar-refractivity contribution >= 4 is 23.3 Å². The number of nitrogens with one attached hydrogen (secondary N) is 1. The van der Waals surface area contributed by atoms with Crippen LogP contribution in [0.3, 0.4) is 0 Å². The molecule has 9 nitrogen and oxygen atoms in total. The largest absolute Gasteiger partial charge is 0.329 e. The molecule has 0 unspecified atom stereocenters. The summed E-state index contributed by atoms with van der Waals surface area (Å²) in [6.45, 7) is 7.64. The van der Waals surface area contributed by atoms with Crippen molar-refractivity contribution in [2.75, 3.05) is 18.4 Å². The number of aromatic nitrogens is 2. The number of unbranched alkanes of at least 4 members (excludes halogenated alkanes) is 1. The highest BCUT2D eigenvalue weighted by Crippen LogP contribution is 2.33. The van der Waals surface area contributed by atoms with E-state index in [9.17, 15) is 19.7 Å². The summed E-state index contributed by atoms with van der Waals surface area (Å²) < 4.78 is 1.70. The smallest absolute Gasteiger partial charge is 0.273 e. The van der Waals surface area contributed by atoms with Crippen LogP contribution >= 0.6 is 0 Å². The topological polar surface area (TPSA) is 110 Å². The number of anilines is 1. The zero-order valence-electron chi connectivity index (χ0n) is 23.2. The van der Waals surface area contributed by atoms with Gasteiger partial charge in [0.1, 0.15) is 12.4 Å². The van der Waals surface area contributed by atoms with E-state index >= 15 is 0 Å². The summed E-state index contributed by atoms with van der Waals surface area (Å²) in [5.41, 5.74) is 4.83. The second kappa shape index (κ2) is 12.4. The number of hydrogen-bond acceptors (Lipinski definition) is 5. The third-order valence-corrected chi connectivity index (χ3v) is 6.72. The summed E-state index contributed by atoms with van der Waals surface area (Å²) in [7, 11) is 0. The van der Waals surface area contributed by atoms with Crippen LogP contribution in [0.4, 0.5) is 11.5 Å². The highest BCUT2D eigenvalue weighted by Gasteiger charge is 2.24. The normalized spacial score (nSPS) is 10.8. The molecule has 3 aromatic carbocycles. The molecule has 40 heavy (non-hydrogen) atoms. The van der Waals surface area contributed by atoms with Crippen LogP contribution in [0.5, 0.6) is 0 Å². The molecule has 4 aromatic rings. The molecule has 0 radical (unpaired) electrons. The predicted octanol–water partition coefficient (Wildman–Crippen LogP) is 6.25. The quantitative estimate of drug-likeness (QED) is 0.189. The van der Waals surface area contributed by atoms with Gasteiger partial charge in [-0.3, -0.25) is 19.7 Å². The molecule has 4 rings (SSSR count). The Labute approximate surface area is 233 Å². The maximum absolute atomic E-state index is 13.5. The van der Waals surface area contributed by atoms with Gasteiger partial charge in [-0.1, -0.05) is 67.4 Å². The van der Waals surface area contributed by atoms with E-state index in [0.29, 0.717) is 24.3 Å². The Morgan fingerprint density at radius 3 is 2.35 bits per heavy atom. The Kier molecular flexibility index (Phi) is 8.73. The third-order valence-electron chi connectivity index (χ3n) is 6.72. The van der Waals surface area contributed by atoms with Gasteiger partial charge in [-0.2, -0.15) is 5.10 Å². The number of hydrogen-bond donors (Lipinski definition) is 1. The SMILES string of the molecule is CCCCN(CC(=O)Nc1c(-c2ccccc2)c(C)nn1-c1ccc(C)cc1)C(=O)c1ccc(C)c([N+](=O)[O-])c1. The van der Waals surface area contributed by atoms with Gasteiger partial charge in [-0.25, -0.2) is 4.68 Å². The standard InChI is InChI=1S/C31H33N5O4/c1-5-6-18-34(31(38)25-15-14-22(3)27(19-25)36(39)40)20-28(37)32-30-29(24-10-8-7-9-11-24)23(4)33-35(30)26-16-12-21(2)13-17-26/h7-17,19H,5-6,18,20H2,1-4H3,(H,32,37). The molecule has 0 aliphatic rings.